The monoisotopic (exact) mass is 261 g/mol. The second-order valence-electron chi connectivity index (χ2n) is 3.41. The first-order valence-electron chi connectivity index (χ1n) is 5.04. The molecule has 0 aromatic carbocycles. The summed E-state index contributed by atoms with van der Waals surface area (Å²) >= 11 is 6.41. The molecule has 1 rings (SSSR count). The molecule has 1 heterocycles. The molecule has 0 aliphatic carbocycles. The molecule has 5 nitrogen and oxygen atoms in total. The van der Waals surface area contributed by atoms with Gasteiger partial charge in [0.05, 0.1) is 11.5 Å². The van der Waals surface area contributed by atoms with Crippen molar-refractivity contribution in [3.05, 3.63) is 0 Å². The molecule has 1 aliphatic heterocycles. The van der Waals surface area contributed by atoms with Crippen LogP contribution in [0.2, 0.25) is 0 Å². The molecule has 16 heavy (non-hydrogen) atoms. The highest BCUT2D eigenvalue weighted by atomic mass is 32.2. The minimum Gasteiger partial charge on any atom is -0.392 e. The van der Waals surface area contributed by atoms with Crippen LogP contribution in [0.5, 0.6) is 0 Å². The topological polar surface area (TPSA) is 75.4 Å². The quantitative estimate of drug-likeness (QED) is 0.510. The minimum atomic E-state index is -0.625. The Morgan fingerprint density at radius 1 is 1.38 bits per heavy atom. The number of thioether (sulfide) groups is 1. The summed E-state index contributed by atoms with van der Waals surface area (Å²) in [5.41, 5.74) is 5.23. The zero-order chi connectivity index (χ0) is 12.0. The maximum atomic E-state index is 11.7. The van der Waals surface area contributed by atoms with Gasteiger partial charge in [0.2, 0.25) is 0 Å². The van der Waals surface area contributed by atoms with Gasteiger partial charge in [0.25, 0.3) is 0 Å². The number of nitrogens with zero attached hydrogens (tertiary/aromatic N) is 1. The highest BCUT2D eigenvalue weighted by molar-refractivity contribution is 7.99. The predicted octanol–water partition coefficient (Wildman–Crippen LogP) is -0.646. The van der Waals surface area contributed by atoms with Gasteiger partial charge in [-0.05, 0) is 12.2 Å². The number of rotatable bonds is 2. The van der Waals surface area contributed by atoms with Crippen molar-refractivity contribution in [3.63, 3.8) is 0 Å². The van der Waals surface area contributed by atoms with E-state index in [0.717, 1.165) is 17.9 Å². The second-order valence-corrected chi connectivity index (χ2v) is 5.16. The van der Waals surface area contributed by atoms with E-state index in [1.54, 1.807) is 16.7 Å². The van der Waals surface area contributed by atoms with E-state index in [9.17, 15) is 9.59 Å². The highest BCUT2D eigenvalue weighted by Crippen LogP contribution is 2.09. The molecule has 90 valence electrons. The number of carbonyl (C=O) groups is 2. The maximum absolute atomic E-state index is 11.7. The molecule has 7 heteroatoms. The second kappa shape index (κ2) is 6.70. The van der Waals surface area contributed by atoms with Crippen LogP contribution in [-0.2, 0) is 9.59 Å². The fraction of sp³-hybridized carbons (Fsp3) is 0.667. The van der Waals surface area contributed by atoms with Crippen molar-refractivity contribution in [2.75, 3.05) is 31.1 Å². The van der Waals surface area contributed by atoms with Crippen LogP contribution in [0.4, 0.5) is 0 Å². The van der Waals surface area contributed by atoms with Gasteiger partial charge < -0.3 is 16.0 Å². The van der Waals surface area contributed by atoms with Crippen LogP contribution in [0, 0.1) is 0 Å². The third-order valence-corrected chi connectivity index (χ3v) is 3.32. The van der Waals surface area contributed by atoms with Gasteiger partial charge in [-0.15, -0.1) is 0 Å². The van der Waals surface area contributed by atoms with Gasteiger partial charge in [-0.1, -0.05) is 12.2 Å². The molecule has 0 aromatic heterocycles. The van der Waals surface area contributed by atoms with E-state index in [2.05, 4.69) is 17.5 Å². The SMILES string of the molecule is NC(=S)CNC(=O)C(=O)N1CCCSCC1. The van der Waals surface area contributed by atoms with Crippen LogP contribution in [0.15, 0.2) is 0 Å². The summed E-state index contributed by atoms with van der Waals surface area (Å²) in [6, 6.07) is 0. The van der Waals surface area contributed by atoms with Crippen LogP contribution < -0.4 is 11.1 Å². The van der Waals surface area contributed by atoms with Crippen molar-refractivity contribution in [1.82, 2.24) is 10.2 Å². The first-order valence-corrected chi connectivity index (χ1v) is 6.60. The number of carbonyl (C=O) groups excluding carboxylic acids is 2. The lowest BCUT2D eigenvalue weighted by Crippen LogP contribution is -2.45. The summed E-state index contributed by atoms with van der Waals surface area (Å²) in [7, 11) is 0. The van der Waals surface area contributed by atoms with E-state index in [4.69, 9.17) is 5.73 Å². The average molecular weight is 261 g/mol. The lowest BCUT2D eigenvalue weighted by Gasteiger charge is -2.18. The molecule has 2 amide bonds. The number of amides is 2. The normalized spacial score (nSPS) is 16.4. The minimum absolute atomic E-state index is 0.0719. The first kappa shape index (κ1) is 13.2. The molecule has 3 N–H and O–H groups in total. The molecular formula is C9H15N3O2S2. The number of hydrogen-bond acceptors (Lipinski definition) is 4. The Morgan fingerprint density at radius 2 is 2.12 bits per heavy atom. The van der Waals surface area contributed by atoms with E-state index < -0.39 is 11.8 Å². The molecule has 1 fully saturated rings. The summed E-state index contributed by atoms with van der Waals surface area (Å²) in [5.74, 6) is 0.811. The lowest BCUT2D eigenvalue weighted by atomic mass is 10.3. The predicted molar refractivity (Wildman–Crippen MR) is 68.3 cm³/mol. The van der Waals surface area contributed by atoms with Crippen LogP contribution >= 0.6 is 24.0 Å². The van der Waals surface area contributed by atoms with Crippen molar-refractivity contribution in [2.45, 2.75) is 6.42 Å². The number of nitrogens with two attached hydrogens (primary N) is 1. The summed E-state index contributed by atoms with van der Waals surface area (Å²) in [4.78, 5) is 24.9. The van der Waals surface area contributed by atoms with Gasteiger partial charge >= 0.3 is 11.8 Å². The van der Waals surface area contributed by atoms with Crippen LogP contribution in [0.25, 0.3) is 0 Å². The number of hydrogen-bond donors (Lipinski definition) is 2. The zero-order valence-corrected chi connectivity index (χ0v) is 10.5. The summed E-state index contributed by atoms with van der Waals surface area (Å²) < 4.78 is 0. The molecule has 0 radical (unpaired) electrons. The van der Waals surface area contributed by atoms with Gasteiger partial charge in [0.1, 0.15) is 0 Å². The first-order chi connectivity index (χ1) is 7.61. The van der Waals surface area contributed by atoms with Crippen molar-refractivity contribution in [2.24, 2.45) is 5.73 Å². The largest absolute Gasteiger partial charge is 0.392 e. The molecular weight excluding hydrogens is 246 g/mol. The molecule has 0 spiro atoms. The van der Waals surface area contributed by atoms with E-state index in [0.29, 0.717) is 13.1 Å². The average Bonchev–Trinajstić information content (AvgIpc) is 2.53. The lowest BCUT2D eigenvalue weighted by molar-refractivity contribution is -0.145. The third kappa shape index (κ3) is 4.36. The Labute approximate surface area is 104 Å². The van der Waals surface area contributed by atoms with Gasteiger partial charge in [-0.3, -0.25) is 9.59 Å². The highest BCUT2D eigenvalue weighted by Gasteiger charge is 2.22. The Balaban J connectivity index is 2.42. The number of thiocarbonyl (C=S) groups is 1. The van der Waals surface area contributed by atoms with Gasteiger partial charge in [-0.25, -0.2) is 0 Å². The zero-order valence-electron chi connectivity index (χ0n) is 8.90. The Kier molecular flexibility index (Phi) is 5.54. The van der Waals surface area contributed by atoms with Crippen molar-refractivity contribution >= 4 is 40.8 Å². The van der Waals surface area contributed by atoms with E-state index in [-0.39, 0.29) is 11.5 Å². The summed E-state index contributed by atoms with van der Waals surface area (Å²) in [6.45, 7) is 1.35. The van der Waals surface area contributed by atoms with Crippen LogP contribution in [-0.4, -0.2) is 52.8 Å². The summed E-state index contributed by atoms with van der Waals surface area (Å²) in [5, 5.41) is 2.40. The Hall–Kier alpha value is -0.820. The molecule has 1 saturated heterocycles. The van der Waals surface area contributed by atoms with Crippen LogP contribution in [0.1, 0.15) is 6.42 Å². The molecule has 0 aromatic rings. The number of nitrogens with one attached hydrogen (secondary N) is 1. The van der Waals surface area contributed by atoms with Crippen molar-refractivity contribution in [3.8, 4) is 0 Å². The molecule has 0 bridgehead atoms. The van der Waals surface area contributed by atoms with Crippen LogP contribution in [0.3, 0.4) is 0 Å². The van der Waals surface area contributed by atoms with E-state index in [1.165, 1.54) is 0 Å². The molecule has 1 aliphatic rings. The van der Waals surface area contributed by atoms with Gasteiger partial charge in [0, 0.05) is 18.8 Å². The molecule has 0 atom stereocenters. The Morgan fingerprint density at radius 3 is 2.81 bits per heavy atom. The standard InChI is InChI=1S/C9H15N3O2S2/c10-7(15)6-11-8(13)9(14)12-2-1-4-16-5-3-12/h1-6H2,(H2,10,15)(H,11,13). The fourth-order valence-electron chi connectivity index (χ4n) is 1.34. The maximum Gasteiger partial charge on any atom is 0.311 e. The summed E-state index contributed by atoms with van der Waals surface area (Å²) in [6.07, 6.45) is 0.930. The molecule has 0 unspecified atom stereocenters. The van der Waals surface area contributed by atoms with Crippen molar-refractivity contribution in [1.29, 1.82) is 0 Å². The molecule has 0 saturated carbocycles. The Bertz CT molecular complexity index is 288. The van der Waals surface area contributed by atoms with Crippen molar-refractivity contribution < 1.29 is 9.59 Å². The fourth-order valence-corrected chi connectivity index (χ4v) is 2.29. The third-order valence-electron chi connectivity index (χ3n) is 2.13. The van der Waals surface area contributed by atoms with E-state index >= 15 is 0 Å². The smallest absolute Gasteiger partial charge is 0.311 e. The van der Waals surface area contributed by atoms with Gasteiger partial charge in [-0.2, -0.15) is 11.8 Å². The van der Waals surface area contributed by atoms with Gasteiger partial charge in [0.15, 0.2) is 0 Å². The van der Waals surface area contributed by atoms with E-state index in [1.807, 2.05) is 0 Å².